The summed E-state index contributed by atoms with van der Waals surface area (Å²) < 4.78 is 0. The van der Waals surface area contributed by atoms with E-state index < -0.39 is 0 Å². The molecule has 0 unspecified atom stereocenters. The second kappa shape index (κ2) is 16.4. The SMILES string of the molecule is O=C(NCCN(CCNC(=O)Nc1ccc(Cl)cc1)CCNC(=O)Nc1ccc(Cl)cc1)Nc1ccc(Cl)cc1. The number of anilines is 3. The first kappa shape index (κ1) is 30.8. The molecule has 3 aromatic carbocycles. The van der Waals surface area contributed by atoms with Gasteiger partial charge in [0.1, 0.15) is 0 Å². The van der Waals surface area contributed by atoms with E-state index in [4.69, 9.17) is 34.8 Å². The molecular weight excluding hydrogens is 577 g/mol. The van der Waals surface area contributed by atoms with Crippen LogP contribution in [0.2, 0.25) is 15.1 Å². The highest BCUT2D eigenvalue weighted by atomic mass is 35.5. The summed E-state index contributed by atoms with van der Waals surface area (Å²) in [4.78, 5) is 38.8. The molecule has 3 aromatic rings. The normalized spacial score (nSPS) is 10.5. The van der Waals surface area contributed by atoms with E-state index in [0.29, 0.717) is 71.4 Å². The molecule has 0 spiro atoms. The lowest BCUT2D eigenvalue weighted by Crippen LogP contribution is -2.44. The predicted octanol–water partition coefficient (Wildman–Crippen LogP) is 5.71. The van der Waals surface area contributed by atoms with Crippen LogP contribution in [-0.2, 0) is 0 Å². The molecule has 212 valence electrons. The lowest BCUT2D eigenvalue weighted by atomic mass is 10.3. The summed E-state index contributed by atoms with van der Waals surface area (Å²) in [5, 5.41) is 18.4. The van der Waals surface area contributed by atoms with Crippen molar-refractivity contribution in [1.82, 2.24) is 20.9 Å². The topological polar surface area (TPSA) is 127 Å². The fourth-order valence-electron chi connectivity index (χ4n) is 3.44. The molecular formula is C27H30Cl3N7O3. The van der Waals surface area contributed by atoms with Crippen molar-refractivity contribution in [3.8, 4) is 0 Å². The molecule has 13 heteroatoms. The maximum atomic E-state index is 12.3. The minimum atomic E-state index is -0.358. The van der Waals surface area contributed by atoms with E-state index in [1.54, 1.807) is 72.8 Å². The number of halogens is 3. The van der Waals surface area contributed by atoms with Crippen LogP contribution in [0.3, 0.4) is 0 Å². The molecule has 40 heavy (non-hydrogen) atoms. The van der Waals surface area contributed by atoms with Crippen molar-refractivity contribution in [3.63, 3.8) is 0 Å². The summed E-state index contributed by atoms with van der Waals surface area (Å²) in [7, 11) is 0. The van der Waals surface area contributed by atoms with E-state index in [-0.39, 0.29) is 18.1 Å². The Bertz CT molecular complexity index is 1090. The zero-order chi connectivity index (χ0) is 28.7. The van der Waals surface area contributed by atoms with Crippen molar-refractivity contribution in [3.05, 3.63) is 87.9 Å². The number of carbonyl (C=O) groups is 3. The largest absolute Gasteiger partial charge is 0.337 e. The Morgan fingerprint density at radius 1 is 0.475 bits per heavy atom. The number of nitrogens with one attached hydrogen (secondary N) is 6. The molecule has 6 amide bonds. The fourth-order valence-corrected chi connectivity index (χ4v) is 3.82. The van der Waals surface area contributed by atoms with Crippen LogP contribution >= 0.6 is 34.8 Å². The van der Waals surface area contributed by atoms with E-state index in [1.165, 1.54) is 0 Å². The number of nitrogens with zero attached hydrogens (tertiary/aromatic N) is 1. The third kappa shape index (κ3) is 12.0. The molecule has 6 N–H and O–H groups in total. The fraction of sp³-hybridized carbons (Fsp3) is 0.222. The number of benzene rings is 3. The van der Waals surface area contributed by atoms with Gasteiger partial charge in [-0.05, 0) is 72.8 Å². The van der Waals surface area contributed by atoms with Crippen molar-refractivity contribution < 1.29 is 14.4 Å². The molecule has 3 rings (SSSR count). The van der Waals surface area contributed by atoms with Gasteiger partial charge in [0.2, 0.25) is 0 Å². The molecule has 0 aliphatic rings. The molecule has 0 heterocycles. The summed E-state index contributed by atoms with van der Waals surface area (Å²) in [6.45, 7) is 2.47. The number of amides is 6. The quantitative estimate of drug-likeness (QED) is 0.158. The Hall–Kier alpha value is -3.70. The summed E-state index contributed by atoms with van der Waals surface area (Å²) in [6.07, 6.45) is 0. The van der Waals surface area contributed by atoms with Crippen LogP contribution in [0.1, 0.15) is 0 Å². The highest BCUT2D eigenvalue weighted by Gasteiger charge is 2.10. The summed E-state index contributed by atoms with van der Waals surface area (Å²) in [6, 6.07) is 19.3. The van der Waals surface area contributed by atoms with Gasteiger partial charge in [0.05, 0.1) is 0 Å². The van der Waals surface area contributed by atoms with Crippen LogP contribution in [-0.4, -0.2) is 62.3 Å². The second-order valence-electron chi connectivity index (χ2n) is 8.51. The molecule has 0 bridgehead atoms. The van der Waals surface area contributed by atoms with Crippen molar-refractivity contribution in [1.29, 1.82) is 0 Å². The number of urea groups is 3. The van der Waals surface area contributed by atoms with Crippen LogP contribution < -0.4 is 31.9 Å². The minimum Gasteiger partial charge on any atom is -0.337 e. The predicted molar refractivity (Wildman–Crippen MR) is 162 cm³/mol. The van der Waals surface area contributed by atoms with Gasteiger partial charge in [-0.1, -0.05) is 34.8 Å². The Labute approximate surface area is 247 Å². The molecule has 10 nitrogen and oxygen atoms in total. The van der Waals surface area contributed by atoms with E-state index in [9.17, 15) is 14.4 Å². The van der Waals surface area contributed by atoms with Crippen LogP contribution in [0, 0.1) is 0 Å². The van der Waals surface area contributed by atoms with Gasteiger partial charge < -0.3 is 31.9 Å². The van der Waals surface area contributed by atoms with Crippen molar-refractivity contribution in [2.75, 3.05) is 55.2 Å². The average Bonchev–Trinajstić information content (AvgIpc) is 2.92. The summed E-state index contributed by atoms with van der Waals surface area (Å²) in [5.74, 6) is 0. The van der Waals surface area contributed by atoms with Gasteiger partial charge in [-0.3, -0.25) is 4.90 Å². The lowest BCUT2D eigenvalue weighted by molar-refractivity contribution is 0.238. The lowest BCUT2D eigenvalue weighted by Gasteiger charge is -2.23. The number of hydrogen-bond donors (Lipinski definition) is 6. The third-order valence-electron chi connectivity index (χ3n) is 5.45. The molecule has 0 saturated carbocycles. The van der Waals surface area contributed by atoms with Crippen molar-refractivity contribution in [2.45, 2.75) is 0 Å². The molecule has 0 atom stereocenters. The van der Waals surface area contributed by atoms with E-state index >= 15 is 0 Å². The molecule has 0 radical (unpaired) electrons. The first-order valence-electron chi connectivity index (χ1n) is 12.4. The first-order valence-corrected chi connectivity index (χ1v) is 13.5. The standard InChI is InChI=1S/C27H30Cl3N7O3/c28-19-1-7-22(8-2-19)34-25(38)31-13-16-37(17-14-32-26(39)35-23-9-3-20(29)4-10-23)18-15-33-27(40)36-24-11-5-21(30)6-12-24/h1-12H,13-18H2,(H2,31,34,38)(H2,32,35,39)(H2,33,36,40). The molecule has 0 aliphatic heterocycles. The van der Waals surface area contributed by atoms with Crippen LogP contribution in [0.5, 0.6) is 0 Å². The number of carbonyl (C=O) groups excluding carboxylic acids is 3. The van der Waals surface area contributed by atoms with Gasteiger partial charge in [0.25, 0.3) is 0 Å². The van der Waals surface area contributed by atoms with Gasteiger partial charge in [0.15, 0.2) is 0 Å². The molecule has 0 aromatic heterocycles. The van der Waals surface area contributed by atoms with Gasteiger partial charge in [-0.2, -0.15) is 0 Å². The van der Waals surface area contributed by atoms with E-state index in [2.05, 4.69) is 31.9 Å². The Kier molecular flexibility index (Phi) is 12.7. The third-order valence-corrected chi connectivity index (χ3v) is 6.20. The average molecular weight is 607 g/mol. The number of rotatable bonds is 12. The Balaban J connectivity index is 1.44. The molecule has 0 saturated heterocycles. The maximum absolute atomic E-state index is 12.3. The zero-order valence-corrected chi connectivity index (χ0v) is 23.7. The van der Waals surface area contributed by atoms with Gasteiger partial charge in [0, 0.05) is 71.4 Å². The van der Waals surface area contributed by atoms with E-state index in [1.807, 2.05) is 4.90 Å². The van der Waals surface area contributed by atoms with Crippen molar-refractivity contribution >= 4 is 70.0 Å². The maximum Gasteiger partial charge on any atom is 0.319 e. The Morgan fingerprint density at radius 3 is 0.975 bits per heavy atom. The van der Waals surface area contributed by atoms with E-state index in [0.717, 1.165) is 0 Å². The van der Waals surface area contributed by atoms with Crippen LogP contribution in [0.15, 0.2) is 72.8 Å². The highest BCUT2D eigenvalue weighted by molar-refractivity contribution is 6.31. The zero-order valence-electron chi connectivity index (χ0n) is 21.5. The number of hydrogen-bond acceptors (Lipinski definition) is 4. The monoisotopic (exact) mass is 605 g/mol. The van der Waals surface area contributed by atoms with Crippen molar-refractivity contribution in [2.24, 2.45) is 0 Å². The molecule has 0 fully saturated rings. The first-order chi connectivity index (χ1) is 19.3. The highest BCUT2D eigenvalue weighted by Crippen LogP contribution is 2.14. The molecule has 0 aliphatic carbocycles. The second-order valence-corrected chi connectivity index (χ2v) is 9.81. The minimum absolute atomic E-state index is 0.341. The van der Waals surface area contributed by atoms with Gasteiger partial charge in [-0.25, -0.2) is 14.4 Å². The summed E-state index contributed by atoms with van der Waals surface area (Å²) >= 11 is 17.6. The Morgan fingerprint density at radius 2 is 0.725 bits per heavy atom. The van der Waals surface area contributed by atoms with Gasteiger partial charge >= 0.3 is 18.1 Å². The van der Waals surface area contributed by atoms with Crippen LogP contribution in [0.4, 0.5) is 31.4 Å². The smallest absolute Gasteiger partial charge is 0.319 e. The van der Waals surface area contributed by atoms with Crippen LogP contribution in [0.25, 0.3) is 0 Å². The summed E-state index contributed by atoms with van der Waals surface area (Å²) in [5.41, 5.74) is 1.85. The van der Waals surface area contributed by atoms with Gasteiger partial charge in [-0.15, -0.1) is 0 Å².